The third-order valence-corrected chi connectivity index (χ3v) is 4.95. The van der Waals surface area contributed by atoms with Gasteiger partial charge in [0.1, 0.15) is 5.82 Å². The second kappa shape index (κ2) is 8.27. The number of ether oxygens (including phenoxy) is 1. The lowest BCUT2D eigenvalue weighted by Crippen LogP contribution is -2.37. The second-order valence-corrected chi connectivity index (χ2v) is 7.36. The van der Waals surface area contributed by atoms with Crippen LogP contribution in [0.1, 0.15) is 25.8 Å². The molecule has 0 bridgehead atoms. The Hall–Kier alpha value is -2.20. The number of nitrogens with zero attached hydrogens (tertiary/aromatic N) is 2. The van der Waals surface area contributed by atoms with E-state index in [0.717, 1.165) is 6.07 Å². The third kappa shape index (κ3) is 4.23. The van der Waals surface area contributed by atoms with E-state index in [0.29, 0.717) is 11.3 Å². The van der Waals surface area contributed by atoms with Gasteiger partial charge in [-0.15, -0.1) is 0 Å². The average Bonchev–Trinajstić information content (AvgIpc) is 3.06. The Labute approximate surface area is 176 Å². The van der Waals surface area contributed by atoms with Gasteiger partial charge < -0.3 is 19.6 Å². The van der Waals surface area contributed by atoms with Gasteiger partial charge in [0.05, 0.1) is 28.1 Å². The van der Waals surface area contributed by atoms with Crippen molar-refractivity contribution in [1.29, 1.82) is 0 Å². The van der Waals surface area contributed by atoms with Gasteiger partial charge in [-0.1, -0.05) is 28.4 Å². The van der Waals surface area contributed by atoms with Crippen LogP contribution in [0.25, 0.3) is 11.3 Å². The average molecular weight is 441 g/mol. The lowest BCUT2D eigenvalue weighted by Gasteiger charge is -2.18. The molecule has 152 valence electrons. The zero-order valence-electron chi connectivity index (χ0n) is 15.4. The van der Waals surface area contributed by atoms with Crippen molar-refractivity contribution in [2.45, 2.75) is 25.9 Å². The number of hydrogen-bond acceptors (Lipinski definition) is 7. The van der Waals surface area contributed by atoms with Gasteiger partial charge in [-0.2, -0.15) is 0 Å². The van der Waals surface area contributed by atoms with Gasteiger partial charge in [0.25, 0.3) is 0 Å². The maximum Gasteiger partial charge on any atom is 0.490 e. The molecule has 2 heterocycles. The zero-order chi connectivity index (χ0) is 21.3. The standard InChI is InChI=1S/C18H16BCl2FN2O5/c1-3-28-17(25)18(2)7-15(24-29-18)10-5-11(14(22)6-12(10)20)16-13(21)4-9(8-23-16)19(26)27/h4-6,8,26-27H,3,7H2,1-2H3. The van der Waals surface area contributed by atoms with E-state index in [1.54, 1.807) is 6.92 Å². The quantitative estimate of drug-likeness (QED) is 0.546. The molecular weight excluding hydrogens is 425 g/mol. The van der Waals surface area contributed by atoms with Crippen LogP contribution in [0.2, 0.25) is 10.0 Å². The summed E-state index contributed by atoms with van der Waals surface area (Å²) in [5, 5.41) is 22.5. The molecular formula is C18H16BCl2FN2O5. The maximum atomic E-state index is 14.6. The smallest absolute Gasteiger partial charge is 0.463 e. The Kier molecular flexibility index (Phi) is 6.14. The van der Waals surface area contributed by atoms with Crippen molar-refractivity contribution < 1.29 is 28.8 Å². The summed E-state index contributed by atoms with van der Waals surface area (Å²) in [4.78, 5) is 21.4. The summed E-state index contributed by atoms with van der Waals surface area (Å²) >= 11 is 12.4. The first-order chi connectivity index (χ1) is 13.7. The summed E-state index contributed by atoms with van der Waals surface area (Å²) in [6.45, 7) is 3.41. The first-order valence-corrected chi connectivity index (χ1v) is 9.35. The molecule has 2 aromatic rings. The molecule has 0 saturated carbocycles. The van der Waals surface area contributed by atoms with Gasteiger partial charge in [0.15, 0.2) is 0 Å². The van der Waals surface area contributed by atoms with Crippen molar-refractivity contribution in [2.75, 3.05) is 6.61 Å². The second-order valence-electron chi connectivity index (χ2n) is 6.54. The van der Waals surface area contributed by atoms with E-state index in [4.69, 9.17) is 32.8 Å². The van der Waals surface area contributed by atoms with Crippen LogP contribution in [-0.2, 0) is 14.4 Å². The van der Waals surface area contributed by atoms with Crippen molar-refractivity contribution in [3.05, 3.63) is 45.8 Å². The predicted octanol–water partition coefficient (Wildman–Crippen LogP) is 2.32. The van der Waals surface area contributed by atoms with Gasteiger partial charge in [-0.25, -0.2) is 9.18 Å². The lowest BCUT2D eigenvalue weighted by atomic mass is 9.81. The topological polar surface area (TPSA) is 101 Å². The fourth-order valence-electron chi connectivity index (χ4n) is 2.82. The number of oxime groups is 1. The molecule has 1 aliphatic heterocycles. The van der Waals surface area contributed by atoms with Crippen LogP contribution in [0.5, 0.6) is 0 Å². The molecule has 1 unspecified atom stereocenters. The van der Waals surface area contributed by atoms with Gasteiger partial charge in [0.2, 0.25) is 5.60 Å². The Bertz CT molecular complexity index is 1000. The maximum absolute atomic E-state index is 14.6. The fraction of sp³-hybridized carbons (Fsp3) is 0.278. The van der Waals surface area contributed by atoms with E-state index >= 15 is 0 Å². The molecule has 11 heteroatoms. The van der Waals surface area contributed by atoms with Crippen molar-refractivity contribution in [1.82, 2.24) is 4.98 Å². The minimum absolute atomic E-state index is 0.0174. The van der Waals surface area contributed by atoms with Crippen molar-refractivity contribution >= 4 is 47.5 Å². The van der Waals surface area contributed by atoms with Crippen LogP contribution < -0.4 is 5.46 Å². The Morgan fingerprint density at radius 3 is 2.66 bits per heavy atom. The Morgan fingerprint density at radius 2 is 2.03 bits per heavy atom. The molecule has 2 N–H and O–H groups in total. The Morgan fingerprint density at radius 1 is 1.31 bits per heavy atom. The van der Waals surface area contributed by atoms with E-state index < -0.39 is 24.5 Å². The van der Waals surface area contributed by atoms with Crippen LogP contribution in [-0.4, -0.2) is 46.0 Å². The molecule has 0 saturated heterocycles. The first-order valence-electron chi connectivity index (χ1n) is 8.60. The van der Waals surface area contributed by atoms with Crippen molar-refractivity contribution in [2.24, 2.45) is 5.16 Å². The van der Waals surface area contributed by atoms with Crippen molar-refractivity contribution in [3.8, 4) is 11.3 Å². The van der Waals surface area contributed by atoms with Crippen LogP contribution >= 0.6 is 23.2 Å². The summed E-state index contributed by atoms with van der Waals surface area (Å²) in [7, 11) is -1.76. The molecule has 0 aliphatic carbocycles. The number of hydrogen-bond donors (Lipinski definition) is 2. The normalized spacial score (nSPS) is 18.2. The minimum Gasteiger partial charge on any atom is -0.463 e. The highest BCUT2D eigenvalue weighted by Crippen LogP contribution is 2.35. The van der Waals surface area contributed by atoms with E-state index in [9.17, 15) is 19.2 Å². The summed E-state index contributed by atoms with van der Waals surface area (Å²) in [6.07, 6.45) is 1.25. The SMILES string of the molecule is CCOC(=O)C1(C)CC(c2cc(-c3ncc(B(O)O)cc3Cl)c(F)cc2Cl)=NO1. The zero-order valence-corrected chi connectivity index (χ0v) is 17.0. The lowest BCUT2D eigenvalue weighted by molar-refractivity contribution is -0.166. The number of rotatable bonds is 5. The number of pyridine rings is 1. The monoisotopic (exact) mass is 440 g/mol. The summed E-state index contributed by atoms with van der Waals surface area (Å²) in [5.41, 5.74) is -0.449. The van der Waals surface area contributed by atoms with E-state index in [-0.39, 0.29) is 39.8 Å². The van der Waals surface area contributed by atoms with Gasteiger partial charge in [0, 0.05) is 29.2 Å². The van der Waals surface area contributed by atoms with Crippen LogP contribution in [0.4, 0.5) is 4.39 Å². The number of carbonyl (C=O) groups excluding carboxylic acids is 1. The number of carbonyl (C=O) groups is 1. The number of benzene rings is 1. The van der Waals surface area contributed by atoms with Gasteiger partial charge in [-0.05, 0) is 32.0 Å². The molecule has 7 nitrogen and oxygen atoms in total. The third-order valence-electron chi connectivity index (χ3n) is 4.35. The Balaban J connectivity index is 1.99. The molecule has 1 aromatic carbocycles. The first kappa shape index (κ1) is 21.5. The summed E-state index contributed by atoms with van der Waals surface area (Å²) in [5.74, 6) is -1.25. The van der Waals surface area contributed by atoms with Gasteiger partial charge in [-0.3, -0.25) is 4.98 Å². The van der Waals surface area contributed by atoms with E-state index in [1.165, 1.54) is 25.3 Å². The van der Waals surface area contributed by atoms with Crippen molar-refractivity contribution in [3.63, 3.8) is 0 Å². The van der Waals surface area contributed by atoms with E-state index in [2.05, 4.69) is 10.1 Å². The van der Waals surface area contributed by atoms with Gasteiger partial charge >= 0.3 is 13.1 Å². The molecule has 0 spiro atoms. The molecule has 3 rings (SSSR count). The number of esters is 1. The summed E-state index contributed by atoms with van der Waals surface area (Å²) in [6, 6.07) is 3.76. The molecule has 0 radical (unpaired) electrons. The highest BCUT2D eigenvalue weighted by atomic mass is 35.5. The number of halogens is 3. The molecule has 1 atom stereocenters. The fourth-order valence-corrected chi connectivity index (χ4v) is 3.36. The van der Waals surface area contributed by atoms with Crippen LogP contribution in [0.3, 0.4) is 0 Å². The molecule has 1 aliphatic rings. The van der Waals surface area contributed by atoms with E-state index in [1.807, 2.05) is 0 Å². The van der Waals surface area contributed by atoms with Crippen LogP contribution in [0, 0.1) is 5.82 Å². The molecule has 29 heavy (non-hydrogen) atoms. The number of aromatic nitrogens is 1. The molecule has 0 fully saturated rings. The predicted molar refractivity (Wildman–Crippen MR) is 107 cm³/mol. The minimum atomic E-state index is -1.76. The summed E-state index contributed by atoms with van der Waals surface area (Å²) < 4.78 is 19.6. The molecule has 0 amide bonds. The van der Waals surface area contributed by atoms with Crippen LogP contribution in [0.15, 0.2) is 29.6 Å². The highest BCUT2D eigenvalue weighted by Gasteiger charge is 2.44. The highest BCUT2D eigenvalue weighted by molar-refractivity contribution is 6.59. The molecule has 1 aromatic heterocycles. The largest absolute Gasteiger partial charge is 0.490 e.